The van der Waals surface area contributed by atoms with Crippen LogP contribution in [0.3, 0.4) is 0 Å². The number of hydrogen-bond acceptors (Lipinski definition) is 3. The van der Waals surface area contributed by atoms with Gasteiger partial charge in [0.05, 0.1) is 6.20 Å². The van der Waals surface area contributed by atoms with Gasteiger partial charge in [0.1, 0.15) is 0 Å². The summed E-state index contributed by atoms with van der Waals surface area (Å²) in [7, 11) is 0. The standard InChI is InChI=1S/C13H18N2O/c1-2-10-15-11-3-7-13(15,6-1)8-4-12-5-9-14-16-12/h4-5,8-9H,1-3,6-7,10-11H2/b8-4+. The van der Waals surface area contributed by atoms with E-state index < -0.39 is 0 Å². The fourth-order valence-electron chi connectivity index (χ4n) is 3.13. The Hall–Kier alpha value is -1.09. The van der Waals surface area contributed by atoms with E-state index in [1.807, 2.05) is 6.07 Å². The van der Waals surface area contributed by atoms with E-state index in [9.17, 15) is 0 Å². The maximum absolute atomic E-state index is 5.11. The molecule has 2 aliphatic rings. The van der Waals surface area contributed by atoms with Crippen molar-refractivity contribution >= 4 is 6.08 Å². The van der Waals surface area contributed by atoms with Crippen molar-refractivity contribution in [1.82, 2.24) is 10.1 Å². The van der Waals surface area contributed by atoms with Crippen LogP contribution in [0.25, 0.3) is 6.08 Å². The molecule has 0 N–H and O–H groups in total. The van der Waals surface area contributed by atoms with Gasteiger partial charge in [0.25, 0.3) is 0 Å². The minimum Gasteiger partial charge on any atom is -0.357 e. The summed E-state index contributed by atoms with van der Waals surface area (Å²) in [5, 5.41) is 3.73. The highest BCUT2D eigenvalue weighted by molar-refractivity contribution is 5.44. The molecule has 1 aromatic rings. The minimum atomic E-state index is 0.324. The summed E-state index contributed by atoms with van der Waals surface area (Å²) in [6.45, 7) is 2.53. The molecule has 2 fully saturated rings. The summed E-state index contributed by atoms with van der Waals surface area (Å²) >= 11 is 0. The second-order valence-electron chi connectivity index (χ2n) is 4.90. The number of fused-ring (bicyclic) bond motifs is 1. The summed E-state index contributed by atoms with van der Waals surface area (Å²) in [6, 6.07) is 1.91. The molecule has 0 spiro atoms. The van der Waals surface area contributed by atoms with Crippen LogP contribution in [0.2, 0.25) is 0 Å². The second-order valence-corrected chi connectivity index (χ2v) is 4.90. The van der Waals surface area contributed by atoms with Crippen LogP contribution < -0.4 is 0 Å². The number of nitrogens with zero attached hydrogens (tertiary/aromatic N) is 2. The molecule has 2 aliphatic heterocycles. The lowest BCUT2D eigenvalue weighted by molar-refractivity contribution is 0.134. The van der Waals surface area contributed by atoms with Gasteiger partial charge < -0.3 is 4.52 Å². The Balaban J connectivity index is 1.81. The largest absolute Gasteiger partial charge is 0.357 e. The van der Waals surface area contributed by atoms with Crippen molar-refractivity contribution in [3.05, 3.63) is 24.1 Å². The van der Waals surface area contributed by atoms with E-state index >= 15 is 0 Å². The van der Waals surface area contributed by atoms with Crippen LogP contribution in [0.15, 0.2) is 22.9 Å². The quantitative estimate of drug-likeness (QED) is 0.764. The average Bonchev–Trinajstić information content (AvgIpc) is 2.96. The van der Waals surface area contributed by atoms with E-state index in [2.05, 4.69) is 22.2 Å². The van der Waals surface area contributed by atoms with Gasteiger partial charge in [0, 0.05) is 11.6 Å². The van der Waals surface area contributed by atoms with Crippen LogP contribution in [0.5, 0.6) is 0 Å². The number of aromatic nitrogens is 1. The van der Waals surface area contributed by atoms with Crippen LogP contribution >= 0.6 is 0 Å². The second kappa shape index (κ2) is 4.06. The Morgan fingerprint density at radius 2 is 2.12 bits per heavy atom. The molecular weight excluding hydrogens is 200 g/mol. The van der Waals surface area contributed by atoms with E-state index in [-0.39, 0.29) is 0 Å². The van der Waals surface area contributed by atoms with Crippen LogP contribution in [0.1, 0.15) is 37.9 Å². The Labute approximate surface area is 96.1 Å². The normalized spacial score (nSPS) is 31.0. The van der Waals surface area contributed by atoms with Crippen LogP contribution in [-0.2, 0) is 0 Å². The molecule has 0 bridgehead atoms. The van der Waals surface area contributed by atoms with Crippen molar-refractivity contribution < 1.29 is 4.52 Å². The molecule has 0 radical (unpaired) electrons. The van der Waals surface area contributed by atoms with Gasteiger partial charge >= 0.3 is 0 Å². The fraction of sp³-hybridized carbons (Fsp3) is 0.615. The summed E-state index contributed by atoms with van der Waals surface area (Å²) < 4.78 is 5.11. The number of rotatable bonds is 2. The molecule has 0 aromatic carbocycles. The number of piperidine rings is 1. The monoisotopic (exact) mass is 218 g/mol. The molecule has 2 saturated heterocycles. The summed E-state index contributed by atoms with van der Waals surface area (Å²) in [5.74, 6) is 0.867. The van der Waals surface area contributed by atoms with Gasteiger partial charge in [-0.1, -0.05) is 17.7 Å². The maximum atomic E-state index is 5.11. The Kier molecular flexibility index (Phi) is 2.56. The highest BCUT2D eigenvalue weighted by atomic mass is 16.5. The van der Waals surface area contributed by atoms with Crippen LogP contribution in [-0.4, -0.2) is 28.7 Å². The first-order valence-corrected chi connectivity index (χ1v) is 6.24. The van der Waals surface area contributed by atoms with Gasteiger partial charge in [-0.3, -0.25) is 4.90 Å². The van der Waals surface area contributed by atoms with Gasteiger partial charge in [-0.2, -0.15) is 0 Å². The third-order valence-corrected chi connectivity index (χ3v) is 3.97. The van der Waals surface area contributed by atoms with Gasteiger partial charge in [0.2, 0.25) is 0 Å². The Morgan fingerprint density at radius 3 is 3.00 bits per heavy atom. The first kappa shape index (κ1) is 10.1. The van der Waals surface area contributed by atoms with Crippen LogP contribution in [0.4, 0.5) is 0 Å². The predicted octanol–water partition coefficient (Wildman–Crippen LogP) is 2.71. The summed E-state index contributed by atoms with van der Waals surface area (Å²) in [6.07, 6.45) is 12.8. The summed E-state index contributed by atoms with van der Waals surface area (Å²) in [4.78, 5) is 2.64. The zero-order chi connectivity index (χ0) is 10.8. The SMILES string of the molecule is C(=C\C12CCCCN1CCC2)/c1ccno1. The molecule has 86 valence electrons. The third-order valence-electron chi connectivity index (χ3n) is 3.97. The van der Waals surface area contributed by atoms with Gasteiger partial charge in [0.15, 0.2) is 5.76 Å². The lowest BCUT2D eigenvalue weighted by atomic mass is 9.86. The van der Waals surface area contributed by atoms with Crippen molar-refractivity contribution in [3.8, 4) is 0 Å². The minimum absolute atomic E-state index is 0.324. The van der Waals surface area contributed by atoms with Gasteiger partial charge in [-0.15, -0.1) is 0 Å². The molecule has 3 heteroatoms. The Bertz CT molecular complexity index is 371. The van der Waals surface area contributed by atoms with E-state index in [1.165, 1.54) is 45.2 Å². The van der Waals surface area contributed by atoms with Crippen molar-refractivity contribution in [3.63, 3.8) is 0 Å². The first-order valence-electron chi connectivity index (χ1n) is 6.24. The van der Waals surface area contributed by atoms with Crippen molar-refractivity contribution in [2.45, 2.75) is 37.6 Å². The highest BCUT2D eigenvalue weighted by Crippen LogP contribution is 2.38. The van der Waals surface area contributed by atoms with Gasteiger partial charge in [-0.05, 0) is 44.8 Å². The molecule has 0 aliphatic carbocycles. The lowest BCUT2D eigenvalue weighted by Crippen LogP contribution is -2.45. The van der Waals surface area contributed by atoms with Gasteiger partial charge in [-0.25, -0.2) is 0 Å². The van der Waals surface area contributed by atoms with E-state index in [1.54, 1.807) is 6.20 Å². The zero-order valence-corrected chi connectivity index (χ0v) is 9.56. The highest BCUT2D eigenvalue weighted by Gasteiger charge is 2.39. The molecule has 0 saturated carbocycles. The fourth-order valence-corrected chi connectivity index (χ4v) is 3.13. The molecule has 1 aromatic heterocycles. The molecule has 3 nitrogen and oxygen atoms in total. The van der Waals surface area contributed by atoms with Crippen molar-refractivity contribution in [1.29, 1.82) is 0 Å². The molecule has 3 rings (SSSR count). The number of hydrogen-bond donors (Lipinski definition) is 0. The third kappa shape index (κ3) is 1.69. The van der Waals surface area contributed by atoms with E-state index in [0.29, 0.717) is 5.54 Å². The molecule has 0 amide bonds. The van der Waals surface area contributed by atoms with Crippen molar-refractivity contribution in [2.75, 3.05) is 13.1 Å². The lowest BCUT2D eigenvalue weighted by Gasteiger charge is -2.40. The first-order chi connectivity index (χ1) is 7.89. The maximum Gasteiger partial charge on any atom is 0.159 e. The van der Waals surface area contributed by atoms with Crippen molar-refractivity contribution in [2.24, 2.45) is 0 Å². The zero-order valence-electron chi connectivity index (χ0n) is 9.56. The molecular formula is C13H18N2O. The Morgan fingerprint density at radius 1 is 1.25 bits per heavy atom. The molecule has 16 heavy (non-hydrogen) atoms. The predicted molar refractivity (Wildman–Crippen MR) is 62.9 cm³/mol. The topological polar surface area (TPSA) is 29.3 Å². The molecule has 3 heterocycles. The summed E-state index contributed by atoms with van der Waals surface area (Å²) in [5.41, 5.74) is 0.324. The molecule has 1 unspecified atom stereocenters. The smallest absolute Gasteiger partial charge is 0.159 e. The van der Waals surface area contributed by atoms with E-state index in [0.717, 1.165) is 5.76 Å². The average molecular weight is 218 g/mol. The van der Waals surface area contributed by atoms with E-state index in [4.69, 9.17) is 4.52 Å². The van der Waals surface area contributed by atoms with Crippen LogP contribution in [0, 0.1) is 0 Å². The molecule has 1 atom stereocenters.